The molecule has 3 aromatic rings. The second-order valence-corrected chi connectivity index (χ2v) is 7.23. The molecule has 152 valence electrons. The van der Waals surface area contributed by atoms with Gasteiger partial charge in [-0.1, -0.05) is 6.07 Å². The summed E-state index contributed by atoms with van der Waals surface area (Å²) in [5, 5.41) is 4.60. The van der Waals surface area contributed by atoms with Gasteiger partial charge in [0.2, 0.25) is 0 Å². The number of hydrogen-bond acceptors (Lipinski definition) is 6. The number of piperazine rings is 1. The number of aromatic amines is 1. The van der Waals surface area contributed by atoms with Gasteiger partial charge in [-0.3, -0.25) is 4.90 Å². The molecule has 1 aliphatic heterocycles. The highest BCUT2D eigenvalue weighted by Gasteiger charge is 2.26. The van der Waals surface area contributed by atoms with Gasteiger partial charge in [-0.05, 0) is 30.4 Å². The van der Waals surface area contributed by atoms with Gasteiger partial charge in [0.15, 0.2) is 6.67 Å². The molecule has 0 atom stereocenters. The molecule has 2 aromatic heterocycles. The predicted octanol–water partition coefficient (Wildman–Crippen LogP) is 1.07. The van der Waals surface area contributed by atoms with Crippen LogP contribution in [-0.4, -0.2) is 50.2 Å². The highest BCUT2D eigenvalue weighted by molar-refractivity contribution is 7.71. The minimum atomic E-state index is 0.365. The minimum Gasteiger partial charge on any atom is -0.497 e. The Morgan fingerprint density at radius 2 is 2.00 bits per heavy atom. The number of methoxy groups -OCH3 is 2. The summed E-state index contributed by atoms with van der Waals surface area (Å²) in [7, 11) is 3.23. The van der Waals surface area contributed by atoms with Crippen LogP contribution in [0.1, 0.15) is 0 Å². The number of quaternary nitrogens is 1. The van der Waals surface area contributed by atoms with Crippen molar-refractivity contribution in [2.75, 3.05) is 45.3 Å². The number of H-pyrrole nitrogens is 1. The zero-order chi connectivity index (χ0) is 20.2. The van der Waals surface area contributed by atoms with E-state index in [0.29, 0.717) is 28.9 Å². The summed E-state index contributed by atoms with van der Waals surface area (Å²) in [4.78, 5) is 7.44. The zero-order valence-corrected chi connectivity index (χ0v) is 17.4. The van der Waals surface area contributed by atoms with Crippen molar-refractivity contribution in [3.05, 3.63) is 47.4 Å². The third-order valence-electron chi connectivity index (χ3n) is 5.12. The molecular formula is C20H25N5O3S+2. The molecule has 0 saturated carbocycles. The number of pyridine rings is 1. The zero-order valence-electron chi connectivity index (χ0n) is 16.6. The molecule has 3 heterocycles. The van der Waals surface area contributed by atoms with Crippen molar-refractivity contribution in [3.8, 4) is 23.0 Å². The van der Waals surface area contributed by atoms with Crippen LogP contribution in [0, 0.1) is 4.84 Å². The number of hydrogen-bond donors (Lipinski definition) is 1. The third kappa shape index (κ3) is 4.25. The third-order valence-corrected chi connectivity index (χ3v) is 5.42. The lowest BCUT2D eigenvalue weighted by Crippen LogP contribution is -3.14. The Balaban J connectivity index is 1.45. The van der Waals surface area contributed by atoms with Crippen LogP contribution in [0.5, 0.6) is 11.5 Å². The molecule has 0 unspecified atom stereocenters. The Morgan fingerprint density at radius 1 is 1.17 bits per heavy atom. The first-order valence-electron chi connectivity index (χ1n) is 9.53. The van der Waals surface area contributed by atoms with Crippen LogP contribution in [0.15, 0.2) is 47.0 Å². The normalized spacial score (nSPS) is 14.8. The molecule has 29 heavy (non-hydrogen) atoms. The molecule has 8 nitrogen and oxygen atoms in total. The Kier molecular flexibility index (Phi) is 5.77. The monoisotopic (exact) mass is 415 g/mol. The molecule has 2 N–H and O–H groups in total. The maximum absolute atomic E-state index is 5.77. The first-order valence-corrected chi connectivity index (χ1v) is 9.94. The molecular weight excluding hydrogens is 390 g/mol. The maximum Gasteiger partial charge on any atom is 0.292 e. The molecule has 0 spiro atoms. The Hall–Kier alpha value is -2.91. The summed E-state index contributed by atoms with van der Waals surface area (Å²) in [5.74, 6) is 2.94. The van der Waals surface area contributed by atoms with Gasteiger partial charge in [-0.15, -0.1) is 5.10 Å². The van der Waals surface area contributed by atoms with Gasteiger partial charge in [-0.2, -0.15) is 4.68 Å². The molecule has 1 aliphatic rings. The number of nitrogens with one attached hydrogen (secondary N) is 2. The van der Waals surface area contributed by atoms with Crippen molar-refractivity contribution in [1.82, 2.24) is 9.78 Å². The largest absolute Gasteiger partial charge is 0.497 e. The van der Waals surface area contributed by atoms with Crippen molar-refractivity contribution in [2.24, 2.45) is 0 Å². The van der Waals surface area contributed by atoms with E-state index in [4.69, 9.17) is 26.1 Å². The van der Waals surface area contributed by atoms with E-state index in [1.54, 1.807) is 25.0 Å². The van der Waals surface area contributed by atoms with E-state index in [9.17, 15) is 0 Å². The number of ether oxygens (including phenoxy) is 2. The van der Waals surface area contributed by atoms with Crippen LogP contribution in [0.2, 0.25) is 0 Å². The fourth-order valence-electron chi connectivity index (χ4n) is 3.50. The van der Waals surface area contributed by atoms with Gasteiger partial charge in [0.05, 0.1) is 26.0 Å². The summed E-state index contributed by atoms with van der Waals surface area (Å²) in [6, 6.07) is 11.7. The molecule has 4 rings (SSSR count). The van der Waals surface area contributed by atoms with Gasteiger partial charge in [-0.25, -0.2) is 4.98 Å². The van der Waals surface area contributed by atoms with Crippen LogP contribution in [0.3, 0.4) is 0 Å². The number of anilines is 1. The molecule has 1 fully saturated rings. The molecule has 0 amide bonds. The summed E-state index contributed by atoms with van der Waals surface area (Å²) >= 11 is 5.41. The average molecular weight is 416 g/mol. The average Bonchev–Trinajstić information content (AvgIpc) is 3.14. The lowest BCUT2D eigenvalue weighted by Gasteiger charge is -2.27. The number of rotatable bonds is 6. The van der Waals surface area contributed by atoms with Crippen LogP contribution in [0.25, 0.3) is 11.5 Å². The molecule has 1 saturated heterocycles. The topological polar surface area (TPSA) is 71.2 Å². The second-order valence-electron chi connectivity index (χ2n) is 6.88. The maximum atomic E-state index is 5.77. The number of nitrogens with zero attached hydrogens (tertiary/aromatic N) is 3. The van der Waals surface area contributed by atoms with E-state index in [0.717, 1.165) is 37.6 Å². The summed E-state index contributed by atoms with van der Waals surface area (Å²) in [5.41, 5.74) is 0.748. The van der Waals surface area contributed by atoms with Gasteiger partial charge < -0.3 is 18.8 Å². The Labute approximate surface area is 174 Å². The van der Waals surface area contributed by atoms with Gasteiger partial charge in [0.25, 0.3) is 16.5 Å². The van der Waals surface area contributed by atoms with E-state index >= 15 is 0 Å². The lowest BCUT2D eigenvalue weighted by atomic mass is 10.2. The smallest absolute Gasteiger partial charge is 0.292 e. The minimum absolute atomic E-state index is 0.365. The van der Waals surface area contributed by atoms with Crippen molar-refractivity contribution in [2.45, 2.75) is 6.67 Å². The molecule has 0 radical (unpaired) electrons. The van der Waals surface area contributed by atoms with E-state index in [1.165, 1.54) is 4.90 Å². The Morgan fingerprint density at radius 3 is 2.69 bits per heavy atom. The first kappa shape index (κ1) is 19.4. The van der Waals surface area contributed by atoms with Crippen LogP contribution in [-0.2, 0) is 6.67 Å². The fourth-order valence-corrected chi connectivity index (χ4v) is 3.69. The van der Waals surface area contributed by atoms with Gasteiger partial charge in [0.1, 0.15) is 37.7 Å². The molecule has 9 heteroatoms. The second kappa shape index (κ2) is 8.62. The summed E-state index contributed by atoms with van der Waals surface area (Å²) < 4.78 is 18.2. The SMILES string of the molecule is COc1ccc(-c2nn(C[NH+]3CCN(c4cccc[nH+]4)CC3)c(=S)o2)c(OC)c1. The van der Waals surface area contributed by atoms with Crippen LogP contribution in [0.4, 0.5) is 5.82 Å². The molecule has 1 aromatic carbocycles. The van der Waals surface area contributed by atoms with Crippen molar-refractivity contribution >= 4 is 18.0 Å². The van der Waals surface area contributed by atoms with Crippen LogP contribution < -0.4 is 24.3 Å². The highest BCUT2D eigenvalue weighted by atomic mass is 32.1. The summed E-state index contributed by atoms with van der Waals surface area (Å²) in [6.07, 6.45) is 1.96. The highest BCUT2D eigenvalue weighted by Crippen LogP contribution is 2.32. The molecule has 0 bridgehead atoms. The van der Waals surface area contributed by atoms with Crippen molar-refractivity contribution < 1.29 is 23.8 Å². The fraction of sp³-hybridized carbons (Fsp3) is 0.350. The van der Waals surface area contributed by atoms with Crippen molar-refractivity contribution in [1.29, 1.82) is 0 Å². The number of benzene rings is 1. The van der Waals surface area contributed by atoms with E-state index in [-0.39, 0.29) is 0 Å². The number of aromatic nitrogens is 3. The lowest BCUT2D eigenvalue weighted by molar-refractivity contribution is -0.924. The van der Waals surface area contributed by atoms with Gasteiger partial charge >= 0.3 is 0 Å². The Bertz CT molecular complexity index is 1010. The van der Waals surface area contributed by atoms with Gasteiger partial charge in [0, 0.05) is 12.1 Å². The van der Waals surface area contributed by atoms with E-state index in [1.807, 2.05) is 24.4 Å². The summed E-state index contributed by atoms with van der Waals surface area (Å²) in [6.45, 7) is 4.62. The molecule has 0 aliphatic carbocycles. The first-order chi connectivity index (χ1) is 14.2. The van der Waals surface area contributed by atoms with Crippen LogP contribution >= 0.6 is 12.2 Å². The van der Waals surface area contributed by atoms with E-state index < -0.39 is 0 Å². The predicted molar refractivity (Wildman–Crippen MR) is 110 cm³/mol. The van der Waals surface area contributed by atoms with Crippen molar-refractivity contribution in [3.63, 3.8) is 0 Å². The quantitative estimate of drug-likeness (QED) is 0.608. The van der Waals surface area contributed by atoms with E-state index in [2.05, 4.69) is 27.1 Å². The standard InChI is InChI=1S/C20H23N5O3S/c1-26-15-6-7-16(17(13-15)27-2)19-22-25(20(29)28-19)14-23-9-11-24(12-10-23)18-5-3-4-8-21-18/h3-8,13H,9-12,14H2,1-2H3/p+2.